The minimum absolute atomic E-state index is 1.01. The summed E-state index contributed by atoms with van der Waals surface area (Å²) in [6.07, 6.45) is 3.66. The number of halogens is 1. The van der Waals surface area contributed by atoms with Gasteiger partial charge in [0.1, 0.15) is 0 Å². The van der Waals surface area contributed by atoms with Crippen molar-refractivity contribution in [3.05, 3.63) is 156 Å². The molecule has 4 aromatic carbocycles. The number of aromatic nitrogens is 2. The van der Waals surface area contributed by atoms with Crippen LogP contribution in [0, 0.1) is 27.7 Å². The summed E-state index contributed by atoms with van der Waals surface area (Å²) in [5.41, 5.74) is 14.8. The number of nitrogens with zero attached hydrogens (tertiary/aromatic N) is 2. The predicted molar refractivity (Wildman–Crippen MR) is 175 cm³/mol. The molecule has 0 bridgehead atoms. The van der Waals surface area contributed by atoms with Gasteiger partial charge < -0.3 is 0 Å². The van der Waals surface area contributed by atoms with E-state index in [0.29, 0.717) is 0 Å². The van der Waals surface area contributed by atoms with Crippen LogP contribution < -0.4 is 0 Å². The van der Waals surface area contributed by atoms with Crippen LogP contribution in [0.4, 0.5) is 0 Å². The van der Waals surface area contributed by atoms with Crippen LogP contribution in [-0.2, 0) is 17.9 Å². The van der Waals surface area contributed by atoms with Gasteiger partial charge in [0.25, 0.3) is 0 Å². The zero-order chi connectivity index (χ0) is 29.9. The van der Waals surface area contributed by atoms with Gasteiger partial charge in [-0.25, -0.2) is 0 Å². The van der Waals surface area contributed by atoms with Gasteiger partial charge in [-0.3, -0.25) is 9.97 Å². The second-order valence-electron chi connectivity index (χ2n) is 10.1. The first-order valence-electron chi connectivity index (χ1n) is 13.8. The third-order valence-electron chi connectivity index (χ3n) is 7.23. The predicted octanol–water partition coefficient (Wildman–Crippen LogP) is 10.8. The van der Waals surface area contributed by atoms with Crippen molar-refractivity contribution < 1.29 is 17.9 Å². The van der Waals surface area contributed by atoms with E-state index in [0.717, 1.165) is 22.5 Å². The maximum absolute atomic E-state index is 4.64. The normalized spacial score (nSPS) is 10.2. The van der Waals surface area contributed by atoms with Gasteiger partial charge in [-0.2, -0.15) is 0 Å². The van der Waals surface area contributed by atoms with Crippen LogP contribution in [0.15, 0.2) is 134 Å². The number of aryl methyl sites for hydroxylation is 4. The van der Waals surface area contributed by atoms with Gasteiger partial charge in [-0.05, 0) is 96.5 Å². The number of hydrogen-bond donors (Lipinski definition) is 0. The number of rotatable bonds is 4. The number of benzene rings is 4. The molecule has 2 nitrogen and oxygen atoms in total. The molecule has 0 aliphatic heterocycles. The molecule has 0 fully saturated rings. The van der Waals surface area contributed by atoms with E-state index in [2.05, 4.69) is 132 Å². The standard InChI is InChI=1S/2C19H17N.ClH.Ir/c2*1-14-6-5-7-15(2)19(14)17-11-9-16(10-12-17)18-8-3-4-13-20-18;;/h2*3-13H,1-2H3;1H;/q;;;+1/p-1. The molecule has 212 valence electrons. The average Bonchev–Trinajstić information content (AvgIpc) is 3.04. The van der Waals surface area contributed by atoms with E-state index in [-0.39, 0.29) is 0 Å². The summed E-state index contributed by atoms with van der Waals surface area (Å²) in [6.45, 7) is 8.65. The fraction of sp³-hybridized carbons (Fsp3) is 0.105. The fourth-order valence-corrected chi connectivity index (χ4v) is 5.22. The molecule has 0 N–H and O–H groups in total. The Bertz CT molecular complexity index is 1530. The summed E-state index contributed by atoms with van der Waals surface area (Å²) in [6, 6.07) is 42.1. The van der Waals surface area contributed by atoms with Crippen LogP contribution in [0.2, 0.25) is 0 Å². The van der Waals surface area contributed by atoms with E-state index in [1.54, 1.807) is 0 Å². The van der Waals surface area contributed by atoms with E-state index in [4.69, 9.17) is 0 Å². The van der Waals surface area contributed by atoms with E-state index in [9.17, 15) is 0 Å². The van der Waals surface area contributed by atoms with Crippen molar-refractivity contribution in [3.8, 4) is 44.8 Å². The molecule has 6 aromatic rings. The Morgan fingerprint density at radius 1 is 0.381 bits per heavy atom. The first-order chi connectivity index (χ1) is 20.5. The van der Waals surface area contributed by atoms with Crippen molar-refractivity contribution >= 4 is 9.58 Å². The van der Waals surface area contributed by atoms with Crippen molar-refractivity contribution in [2.75, 3.05) is 0 Å². The van der Waals surface area contributed by atoms with Gasteiger partial charge in [0, 0.05) is 23.5 Å². The van der Waals surface area contributed by atoms with E-state index in [1.807, 2.05) is 48.8 Å². The molecular weight excluding hydrogens is 712 g/mol. The van der Waals surface area contributed by atoms with Gasteiger partial charge in [-0.1, -0.05) is 97.1 Å². The van der Waals surface area contributed by atoms with E-state index >= 15 is 0 Å². The Labute approximate surface area is 264 Å². The van der Waals surface area contributed by atoms with Gasteiger partial charge >= 0.3 is 27.5 Å². The molecule has 6 rings (SSSR count). The molecule has 0 aliphatic rings. The summed E-state index contributed by atoms with van der Waals surface area (Å²) in [5, 5.41) is 0. The first kappa shape index (κ1) is 31.1. The van der Waals surface area contributed by atoms with Crippen LogP contribution >= 0.6 is 9.58 Å². The van der Waals surface area contributed by atoms with Crippen molar-refractivity contribution in [2.24, 2.45) is 0 Å². The van der Waals surface area contributed by atoms with Crippen molar-refractivity contribution in [2.45, 2.75) is 27.7 Å². The summed E-state index contributed by atoms with van der Waals surface area (Å²) in [5.74, 6) is 0. The average molecular weight is 746 g/mol. The maximum atomic E-state index is 4.64. The molecule has 0 amide bonds. The molecule has 0 saturated heterocycles. The minimum atomic E-state index is 1.01. The Morgan fingerprint density at radius 3 is 0.976 bits per heavy atom. The van der Waals surface area contributed by atoms with Gasteiger partial charge in [0.15, 0.2) is 0 Å². The van der Waals surface area contributed by atoms with Crippen molar-refractivity contribution in [1.82, 2.24) is 9.97 Å². The monoisotopic (exact) mass is 746 g/mol. The van der Waals surface area contributed by atoms with Crippen LogP contribution in [0.25, 0.3) is 44.8 Å². The summed E-state index contributed by atoms with van der Waals surface area (Å²) >= 11 is 1.47. The van der Waals surface area contributed by atoms with E-state index < -0.39 is 0 Å². The first-order valence-corrected chi connectivity index (χ1v) is 16.8. The Balaban J connectivity index is 0.000000182. The molecule has 0 radical (unpaired) electrons. The van der Waals surface area contributed by atoms with Crippen molar-refractivity contribution in [1.29, 1.82) is 0 Å². The topological polar surface area (TPSA) is 25.8 Å². The fourth-order valence-electron chi connectivity index (χ4n) is 5.22. The van der Waals surface area contributed by atoms with Crippen LogP contribution in [0.5, 0.6) is 0 Å². The number of pyridine rings is 2. The quantitative estimate of drug-likeness (QED) is 0.180. The zero-order valence-electron chi connectivity index (χ0n) is 24.3. The van der Waals surface area contributed by atoms with Crippen LogP contribution in [-0.4, -0.2) is 9.97 Å². The third-order valence-corrected chi connectivity index (χ3v) is 7.23. The molecule has 0 unspecified atom stereocenters. The molecule has 42 heavy (non-hydrogen) atoms. The Kier molecular flexibility index (Phi) is 11.4. The molecule has 2 heterocycles. The summed E-state index contributed by atoms with van der Waals surface area (Å²) < 4.78 is 0. The van der Waals surface area contributed by atoms with Gasteiger partial charge in [0.05, 0.1) is 11.4 Å². The second-order valence-corrected chi connectivity index (χ2v) is 10.1. The molecule has 0 aliphatic carbocycles. The molecule has 4 heteroatoms. The second kappa shape index (κ2) is 15.4. The molecule has 0 atom stereocenters. The third kappa shape index (κ3) is 7.69. The Hall–Kier alpha value is -3.88. The number of hydrogen-bond acceptors (Lipinski definition) is 2. The van der Waals surface area contributed by atoms with E-state index in [1.165, 1.54) is 62.4 Å². The van der Waals surface area contributed by atoms with Crippen molar-refractivity contribution in [3.63, 3.8) is 0 Å². The zero-order valence-corrected chi connectivity index (χ0v) is 27.5. The summed E-state index contributed by atoms with van der Waals surface area (Å²) in [4.78, 5) is 8.77. The van der Waals surface area contributed by atoms with Crippen LogP contribution in [0.3, 0.4) is 0 Å². The molecule has 0 saturated carbocycles. The Morgan fingerprint density at radius 2 is 0.690 bits per heavy atom. The molecular formula is C38H34ClIrN2. The molecule has 0 spiro atoms. The SMILES string of the molecule is Cc1cccc(C)c1-c1ccc(-c2ccccn2)cc1.Cc1cccc(C)c1-c1ccc(-c2ccccn2)cc1.[Cl][Ir]. The molecule has 2 aromatic heterocycles. The van der Waals surface area contributed by atoms with Crippen LogP contribution in [0.1, 0.15) is 22.3 Å². The van der Waals surface area contributed by atoms with Gasteiger partial charge in [0.2, 0.25) is 0 Å². The van der Waals surface area contributed by atoms with Gasteiger partial charge in [-0.15, -0.1) is 0 Å². The summed E-state index contributed by atoms with van der Waals surface area (Å²) in [7, 11) is 4.64.